The summed E-state index contributed by atoms with van der Waals surface area (Å²) in [5.74, 6) is -2.45. The van der Waals surface area contributed by atoms with Crippen molar-refractivity contribution in [3.05, 3.63) is 29.8 Å². The molecule has 0 heterocycles. The Morgan fingerprint density at radius 3 is 2.59 bits per heavy atom. The van der Waals surface area contributed by atoms with Crippen LogP contribution in [0.1, 0.15) is 28.6 Å². The maximum atomic E-state index is 12.1. The summed E-state index contributed by atoms with van der Waals surface area (Å²) in [6.07, 6.45) is -5.22. The van der Waals surface area contributed by atoms with Gasteiger partial charge in [-0.05, 0) is 30.6 Å². The Labute approximate surface area is 105 Å². The number of carboxylic acids is 1. The fraction of sp³-hybridized carbons (Fsp3) is 0.333. The molecular weight excluding hydrogens is 222 g/mol. The second kappa shape index (κ2) is 6.00. The van der Waals surface area contributed by atoms with Crippen molar-refractivity contribution >= 4 is 11.8 Å². The largest absolute Gasteiger partial charge is 0.497 e. The quantitative estimate of drug-likeness (QED) is 0.727. The Bertz CT molecular complexity index is 545. The first-order valence-electron chi connectivity index (χ1n) is 6.76. The summed E-state index contributed by atoms with van der Waals surface area (Å²) >= 11 is 0. The Morgan fingerprint density at radius 1 is 1.53 bits per heavy atom. The van der Waals surface area contributed by atoms with E-state index in [4.69, 9.17) is 21.1 Å². The van der Waals surface area contributed by atoms with Crippen molar-refractivity contribution in [2.24, 2.45) is 5.73 Å². The molecule has 1 aromatic carbocycles. The summed E-state index contributed by atoms with van der Waals surface area (Å²) in [5, 5.41) is 8.78. The molecule has 0 aliphatic rings. The lowest BCUT2D eigenvalue weighted by Crippen LogP contribution is -2.30. The number of ketones is 1. The highest BCUT2D eigenvalue weighted by Crippen LogP contribution is 2.13. The van der Waals surface area contributed by atoms with Crippen molar-refractivity contribution in [2.45, 2.75) is 18.8 Å². The molecule has 3 N–H and O–H groups in total. The van der Waals surface area contributed by atoms with Gasteiger partial charge >= 0.3 is 5.97 Å². The monoisotopic (exact) mass is 241 g/mol. The van der Waals surface area contributed by atoms with Crippen LogP contribution in [0.15, 0.2) is 24.3 Å². The number of hydrogen-bond donors (Lipinski definition) is 2. The molecule has 92 valence electrons. The van der Waals surface area contributed by atoms with Crippen LogP contribution in [0.4, 0.5) is 0 Å². The summed E-state index contributed by atoms with van der Waals surface area (Å²) in [6.45, 7) is 0. The van der Waals surface area contributed by atoms with E-state index in [0.717, 1.165) is 0 Å². The van der Waals surface area contributed by atoms with Gasteiger partial charge in [-0.3, -0.25) is 9.59 Å². The average molecular weight is 241 g/mol. The van der Waals surface area contributed by atoms with Crippen molar-refractivity contribution < 1.29 is 24.9 Å². The van der Waals surface area contributed by atoms with Gasteiger partial charge in [0.1, 0.15) is 11.8 Å². The lowest BCUT2D eigenvalue weighted by molar-refractivity contribution is -0.138. The van der Waals surface area contributed by atoms with Crippen LogP contribution in [-0.2, 0) is 4.79 Å². The Hall–Kier alpha value is -1.88. The van der Waals surface area contributed by atoms with Crippen molar-refractivity contribution in [1.82, 2.24) is 0 Å². The van der Waals surface area contributed by atoms with Crippen LogP contribution in [0.5, 0.6) is 5.75 Å². The summed E-state index contributed by atoms with van der Waals surface area (Å²) in [5.41, 5.74) is 5.10. The summed E-state index contributed by atoms with van der Waals surface area (Å²) in [6, 6.07) is 2.43. The minimum absolute atomic E-state index is 0.000800. The molecule has 0 bridgehead atoms. The number of nitrogens with two attached hydrogens (primary N) is 1. The second-order valence-corrected chi connectivity index (χ2v) is 3.10. The van der Waals surface area contributed by atoms with Gasteiger partial charge in [-0.15, -0.1) is 0 Å². The number of carboxylic acid groups (broad SMARTS) is 1. The van der Waals surface area contributed by atoms with Gasteiger partial charge in [0.25, 0.3) is 0 Å². The van der Waals surface area contributed by atoms with Crippen molar-refractivity contribution in [1.29, 1.82) is 0 Å². The SMILES string of the molecule is [2H]C(C(=O)c1ccc(OC)cc1)C([2H])([2H])C([2H])(N)C(=O)O. The van der Waals surface area contributed by atoms with E-state index >= 15 is 0 Å². The standard InChI is InChI=1S/C12H15NO4/c1-17-9-4-2-8(3-5-9)11(14)7-6-10(13)12(15)16/h2-5,10H,6-7,13H2,1H3,(H,15,16)/i6D2,7D,10D. The summed E-state index contributed by atoms with van der Waals surface area (Å²) in [7, 11) is 1.43. The third-order valence-corrected chi connectivity index (χ3v) is 1.96. The molecule has 0 fully saturated rings. The van der Waals surface area contributed by atoms with Gasteiger partial charge in [-0.25, -0.2) is 0 Å². The molecule has 0 saturated heterocycles. The molecule has 0 aliphatic heterocycles. The molecule has 2 atom stereocenters. The molecule has 17 heavy (non-hydrogen) atoms. The van der Waals surface area contributed by atoms with E-state index < -0.39 is 30.5 Å². The first-order valence-corrected chi connectivity index (χ1v) is 4.68. The molecule has 5 heteroatoms. The predicted octanol–water partition coefficient (Wildman–Crippen LogP) is 1.07. The van der Waals surface area contributed by atoms with E-state index in [0.29, 0.717) is 5.75 Å². The molecule has 0 spiro atoms. The minimum atomic E-state index is -3.11. The number of carbonyl (C=O) groups is 2. The number of hydrogen-bond acceptors (Lipinski definition) is 4. The molecule has 0 radical (unpaired) electrons. The van der Waals surface area contributed by atoms with Gasteiger partial charge in [-0.1, -0.05) is 0 Å². The molecule has 0 aromatic heterocycles. The molecule has 0 saturated carbocycles. The van der Waals surface area contributed by atoms with E-state index in [1.54, 1.807) is 0 Å². The van der Waals surface area contributed by atoms with Gasteiger partial charge < -0.3 is 15.6 Å². The highest BCUT2D eigenvalue weighted by Gasteiger charge is 2.14. The third kappa shape index (κ3) is 3.88. The van der Waals surface area contributed by atoms with Crippen LogP contribution in [0.2, 0.25) is 0 Å². The normalized spacial score (nSPS) is 19.9. The molecule has 2 unspecified atom stereocenters. The van der Waals surface area contributed by atoms with Gasteiger partial charge in [0, 0.05) is 16.1 Å². The first-order chi connectivity index (χ1) is 9.55. The van der Waals surface area contributed by atoms with E-state index in [1.165, 1.54) is 31.4 Å². The van der Waals surface area contributed by atoms with E-state index in [1.807, 2.05) is 0 Å². The van der Waals surface area contributed by atoms with Crippen LogP contribution < -0.4 is 10.5 Å². The van der Waals surface area contributed by atoms with Gasteiger partial charge in [0.2, 0.25) is 0 Å². The number of aliphatic carboxylic acids is 1. The van der Waals surface area contributed by atoms with Crippen LogP contribution in [0.3, 0.4) is 0 Å². The topological polar surface area (TPSA) is 89.6 Å². The van der Waals surface area contributed by atoms with Crippen LogP contribution in [-0.4, -0.2) is 30.0 Å². The Kier molecular flexibility index (Phi) is 2.91. The molecule has 1 rings (SSSR count). The zero-order valence-corrected chi connectivity index (χ0v) is 9.14. The predicted molar refractivity (Wildman–Crippen MR) is 62.2 cm³/mol. The zero-order chi connectivity index (χ0) is 16.4. The smallest absolute Gasteiger partial charge is 0.320 e. The molecule has 0 amide bonds. The number of carbonyl (C=O) groups excluding carboxylic acids is 1. The maximum Gasteiger partial charge on any atom is 0.320 e. The number of ether oxygens (including phenoxy) is 1. The lowest BCUT2D eigenvalue weighted by Gasteiger charge is -2.06. The first kappa shape index (κ1) is 8.25. The molecule has 1 aromatic rings. The van der Waals surface area contributed by atoms with Crippen LogP contribution in [0, 0.1) is 0 Å². The maximum absolute atomic E-state index is 12.1. The van der Waals surface area contributed by atoms with Crippen molar-refractivity contribution in [2.75, 3.05) is 7.11 Å². The fourth-order valence-electron chi connectivity index (χ4n) is 1.04. The Balaban J connectivity index is 3.08. The molecule has 0 aliphatic carbocycles. The highest BCUT2D eigenvalue weighted by atomic mass is 16.5. The number of Topliss-reactive ketones (excluding diaryl/α,β-unsaturated/α-hetero) is 1. The second-order valence-electron chi connectivity index (χ2n) is 3.10. The fourth-order valence-corrected chi connectivity index (χ4v) is 1.04. The van der Waals surface area contributed by atoms with Gasteiger partial charge in [0.15, 0.2) is 5.78 Å². The lowest BCUT2D eigenvalue weighted by atomic mass is 10.0. The number of rotatable bonds is 6. The Morgan fingerprint density at radius 2 is 2.12 bits per heavy atom. The third-order valence-electron chi connectivity index (χ3n) is 1.96. The van der Waals surface area contributed by atoms with Crippen molar-refractivity contribution in [3.8, 4) is 5.75 Å². The van der Waals surface area contributed by atoms with E-state index in [2.05, 4.69) is 0 Å². The number of methoxy groups -OCH3 is 1. The van der Waals surface area contributed by atoms with E-state index in [-0.39, 0.29) is 5.56 Å². The van der Waals surface area contributed by atoms with Gasteiger partial charge in [0.05, 0.1) is 8.48 Å². The summed E-state index contributed by atoms with van der Waals surface area (Å²) in [4.78, 5) is 22.9. The van der Waals surface area contributed by atoms with E-state index in [9.17, 15) is 9.59 Å². The zero-order valence-electron chi connectivity index (χ0n) is 13.1. The highest BCUT2D eigenvalue weighted by molar-refractivity contribution is 5.96. The molecular formula is C12H15NO4. The number of benzene rings is 1. The van der Waals surface area contributed by atoms with Crippen molar-refractivity contribution in [3.63, 3.8) is 0 Å². The van der Waals surface area contributed by atoms with Crippen LogP contribution >= 0.6 is 0 Å². The minimum Gasteiger partial charge on any atom is -0.497 e. The summed E-state index contributed by atoms with van der Waals surface area (Å²) < 4.78 is 35.0. The van der Waals surface area contributed by atoms with Crippen LogP contribution in [0.25, 0.3) is 0 Å². The molecule has 5 nitrogen and oxygen atoms in total. The van der Waals surface area contributed by atoms with Gasteiger partial charge in [-0.2, -0.15) is 0 Å². The average Bonchev–Trinajstić information content (AvgIpc) is 2.45.